The van der Waals surface area contributed by atoms with Gasteiger partial charge in [-0.25, -0.2) is 4.90 Å². The molecule has 0 saturated heterocycles. The summed E-state index contributed by atoms with van der Waals surface area (Å²) in [6.07, 6.45) is 3.46. The number of ether oxygens (including phenoxy) is 1. The fourth-order valence-electron chi connectivity index (χ4n) is 3.98. The number of benzene rings is 3. The van der Waals surface area contributed by atoms with Gasteiger partial charge in [-0.2, -0.15) is 0 Å². The third-order valence-corrected chi connectivity index (χ3v) is 6.94. The zero-order chi connectivity index (χ0) is 27.9. The fourth-order valence-corrected chi connectivity index (χ4v) is 4.37. The van der Waals surface area contributed by atoms with Crippen LogP contribution in [0.15, 0.2) is 77.5 Å². The molecular weight excluding hydrogens is 537 g/mol. The number of hydrogen-bond acceptors (Lipinski definition) is 5. The van der Waals surface area contributed by atoms with Gasteiger partial charge in [0.25, 0.3) is 11.8 Å². The summed E-state index contributed by atoms with van der Waals surface area (Å²) in [4.78, 5) is 39.2. The van der Waals surface area contributed by atoms with Crippen molar-refractivity contribution in [3.05, 3.63) is 93.6 Å². The first-order valence-corrected chi connectivity index (χ1v) is 13.5. The van der Waals surface area contributed by atoms with Gasteiger partial charge in [0.2, 0.25) is 5.91 Å². The van der Waals surface area contributed by atoms with Crippen LogP contribution in [0.5, 0.6) is 5.75 Å². The van der Waals surface area contributed by atoms with Crippen LogP contribution in [-0.4, -0.2) is 24.3 Å². The number of amides is 3. The Kier molecular flexibility index (Phi) is 9.28. The van der Waals surface area contributed by atoms with Gasteiger partial charge in [0.05, 0.1) is 18.7 Å². The molecular formula is C30H29Cl2N3O4. The van der Waals surface area contributed by atoms with Crippen molar-refractivity contribution in [3.8, 4) is 5.75 Å². The number of nitrogens with zero attached hydrogens (tertiary/aromatic N) is 1. The van der Waals surface area contributed by atoms with Gasteiger partial charge in [-0.1, -0.05) is 61.2 Å². The second-order valence-corrected chi connectivity index (χ2v) is 9.98. The molecule has 39 heavy (non-hydrogen) atoms. The van der Waals surface area contributed by atoms with E-state index in [1.165, 1.54) is 0 Å². The first-order valence-electron chi connectivity index (χ1n) is 12.7. The van der Waals surface area contributed by atoms with Gasteiger partial charge in [0.1, 0.15) is 16.5 Å². The smallest absolute Gasteiger partial charge is 0.283 e. The molecule has 0 aliphatic carbocycles. The van der Waals surface area contributed by atoms with Gasteiger partial charge in [-0.15, -0.1) is 0 Å². The van der Waals surface area contributed by atoms with Gasteiger partial charge in [-0.05, 0) is 73.0 Å². The highest BCUT2D eigenvalue weighted by Gasteiger charge is 2.39. The highest BCUT2D eigenvalue weighted by Crippen LogP contribution is 2.32. The molecule has 7 nitrogen and oxygen atoms in total. The molecule has 0 saturated carbocycles. The van der Waals surface area contributed by atoms with E-state index >= 15 is 0 Å². The second-order valence-electron chi connectivity index (χ2n) is 9.20. The number of aryl methyl sites for hydroxylation is 1. The van der Waals surface area contributed by atoms with Crippen LogP contribution in [-0.2, 0) is 20.8 Å². The topological polar surface area (TPSA) is 87.7 Å². The summed E-state index contributed by atoms with van der Waals surface area (Å²) >= 11 is 12.4. The van der Waals surface area contributed by atoms with E-state index in [9.17, 15) is 14.4 Å². The van der Waals surface area contributed by atoms with Crippen LogP contribution in [0.3, 0.4) is 0 Å². The van der Waals surface area contributed by atoms with Crippen molar-refractivity contribution < 1.29 is 19.1 Å². The van der Waals surface area contributed by atoms with Crippen molar-refractivity contribution in [1.82, 2.24) is 0 Å². The van der Waals surface area contributed by atoms with E-state index in [2.05, 4.69) is 17.6 Å². The Morgan fingerprint density at radius 3 is 2.26 bits per heavy atom. The lowest BCUT2D eigenvalue weighted by atomic mass is 10.1. The number of imide groups is 1. The zero-order valence-electron chi connectivity index (χ0n) is 21.7. The van der Waals surface area contributed by atoms with Crippen molar-refractivity contribution >= 4 is 58.0 Å². The fraction of sp³-hybridized carbons (Fsp3) is 0.233. The van der Waals surface area contributed by atoms with Crippen LogP contribution in [0.25, 0.3) is 0 Å². The van der Waals surface area contributed by atoms with Crippen LogP contribution in [0.2, 0.25) is 5.02 Å². The lowest BCUT2D eigenvalue weighted by Crippen LogP contribution is -2.32. The van der Waals surface area contributed by atoms with Crippen molar-refractivity contribution in [1.29, 1.82) is 0 Å². The molecule has 3 aromatic rings. The summed E-state index contributed by atoms with van der Waals surface area (Å²) in [5.41, 5.74) is 3.15. The number of carbonyl (C=O) groups is 3. The minimum absolute atomic E-state index is 0.0263. The second kappa shape index (κ2) is 12.8. The van der Waals surface area contributed by atoms with E-state index in [1.807, 2.05) is 31.2 Å². The van der Waals surface area contributed by atoms with Gasteiger partial charge in [-0.3, -0.25) is 14.4 Å². The lowest BCUT2D eigenvalue weighted by Gasteiger charge is -2.16. The molecule has 4 rings (SSSR count). The highest BCUT2D eigenvalue weighted by molar-refractivity contribution is 6.53. The molecule has 0 spiro atoms. The molecule has 1 aliphatic rings. The first-order chi connectivity index (χ1) is 18.8. The van der Waals surface area contributed by atoms with Gasteiger partial charge in [0, 0.05) is 16.4 Å². The van der Waals surface area contributed by atoms with Crippen LogP contribution < -0.4 is 20.3 Å². The summed E-state index contributed by atoms with van der Waals surface area (Å²) in [6, 6.07) is 19.2. The monoisotopic (exact) mass is 565 g/mol. The van der Waals surface area contributed by atoms with Crippen molar-refractivity contribution in [2.75, 3.05) is 22.1 Å². The molecule has 0 fully saturated rings. The number of hydrogen-bond donors (Lipinski definition) is 2. The van der Waals surface area contributed by atoms with E-state index in [4.69, 9.17) is 27.9 Å². The predicted molar refractivity (Wildman–Crippen MR) is 155 cm³/mol. The summed E-state index contributed by atoms with van der Waals surface area (Å²) in [6.45, 7) is 4.65. The summed E-state index contributed by atoms with van der Waals surface area (Å²) < 4.78 is 5.70. The van der Waals surface area contributed by atoms with Crippen molar-refractivity contribution in [2.24, 2.45) is 0 Å². The van der Waals surface area contributed by atoms with Gasteiger partial charge in [0.15, 0.2) is 0 Å². The standard InChI is InChI=1S/C30H29Cl2N3O4/c1-3-4-5-16-39-24-14-11-21(12-15-24)33-26(36)17-20-7-9-22(10-8-20)34-28-27(32)29(37)35(30(28)38)23-13-6-19(2)25(31)18-23/h6-15,18,34H,3-5,16-17H2,1-2H3,(H,33,36). The molecule has 0 bridgehead atoms. The molecule has 0 unspecified atom stereocenters. The number of halogens is 2. The molecule has 2 N–H and O–H groups in total. The lowest BCUT2D eigenvalue weighted by molar-refractivity contribution is -0.120. The molecule has 0 aromatic heterocycles. The van der Waals surface area contributed by atoms with E-state index < -0.39 is 11.8 Å². The van der Waals surface area contributed by atoms with Crippen LogP contribution in [0, 0.1) is 6.92 Å². The molecule has 3 aromatic carbocycles. The Hall–Kier alpha value is -3.81. The van der Waals surface area contributed by atoms with Gasteiger partial charge < -0.3 is 15.4 Å². The summed E-state index contributed by atoms with van der Waals surface area (Å²) in [5.74, 6) is -0.600. The number of unbranched alkanes of at least 4 members (excludes halogenated alkanes) is 2. The normalized spacial score (nSPS) is 13.2. The third-order valence-electron chi connectivity index (χ3n) is 6.18. The summed E-state index contributed by atoms with van der Waals surface area (Å²) in [7, 11) is 0. The molecule has 202 valence electrons. The van der Waals surface area contributed by atoms with E-state index in [0.29, 0.717) is 28.7 Å². The minimum atomic E-state index is -0.631. The summed E-state index contributed by atoms with van der Waals surface area (Å²) in [5, 5.41) is 6.04. The Morgan fingerprint density at radius 1 is 0.897 bits per heavy atom. The third kappa shape index (κ3) is 6.99. The largest absolute Gasteiger partial charge is 0.494 e. The van der Waals surface area contributed by atoms with Crippen molar-refractivity contribution in [2.45, 2.75) is 39.5 Å². The number of nitrogens with one attached hydrogen (secondary N) is 2. The zero-order valence-corrected chi connectivity index (χ0v) is 23.2. The Bertz CT molecular complexity index is 1400. The van der Waals surface area contributed by atoms with Crippen LogP contribution in [0.1, 0.15) is 37.3 Å². The predicted octanol–water partition coefficient (Wildman–Crippen LogP) is 6.83. The number of rotatable bonds is 11. The van der Waals surface area contributed by atoms with Crippen molar-refractivity contribution in [3.63, 3.8) is 0 Å². The van der Waals surface area contributed by atoms with Gasteiger partial charge >= 0.3 is 0 Å². The maximum absolute atomic E-state index is 13.0. The highest BCUT2D eigenvalue weighted by atomic mass is 35.5. The average Bonchev–Trinajstić information content (AvgIpc) is 3.13. The number of anilines is 3. The van der Waals surface area contributed by atoms with E-state index in [0.717, 1.165) is 41.0 Å². The molecule has 0 atom stereocenters. The van der Waals surface area contributed by atoms with E-state index in [-0.39, 0.29) is 23.1 Å². The molecule has 0 radical (unpaired) electrons. The Morgan fingerprint density at radius 2 is 1.59 bits per heavy atom. The SMILES string of the molecule is CCCCCOc1ccc(NC(=O)Cc2ccc(NC3=C(Cl)C(=O)N(c4ccc(C)c(Cl)c4)C3=O)cc2)cc1. The maximum atomic E-state index is 13.0. The van der Waals surface area contributed by atoms with E-state index in [1.54, 1.807) is 42.5 Å². The molecule has 9 heteroatoms. The minimum Gasteiger partial charge on any atom is -0.494 e. The molecule has 1 aliphatic heterocycles. The Balaban J connectivity index is 1.33. The molecule has 1 heterocycles. The number of carbonyl (C=O) groups excluding carboxylic acids is 3. The van der Waals surface area contributed by atoms with Crippen LogP contribution in [0.4, 0.5) is 17.1 Å². The first kappa shape index (κ1) is 28.2. The molecule has 3 amide bonds. The quantitative estimate of drug-likeness (QED) is 0.196. The average molecular weight is 566 g/mol. The maximum Gasteiger partial charge on any atom is 0.283 e. The van der Waals surface area contributed by atoms with Crippen LogP contribution >= 0.6 is 23.2 Å². The Labute approximate surface area is 237 Å².